The van der Waals surface area contributed by atoms with E-state index in [2.05, 4.69) is 30.9 Å². The van der Waals surface area contributed by atoms with Crippen LogP contribution in [0.25, 0.3) is 0 Å². The minimum Gasteiger partial charge on any atom is -0.248 e. The van der Waals surface area contributed by atoms with Gasteiger partial charge in [-0.05, 0) is 52.3 Å². The van der Waals surface area contributed by atoms with Crippen molar-refractivity contribution in [2.75, 3.05) is 0 Å². The van der Waals surface area contributed by atoms with Gasteiger partial charge in [-0.3, -0.25) is 0 Å². The first kappa shape index (κ1) is 10.6. The Morgan fingerprint density at radius 2 is 1.87 bits per heavy atom. The zero-order valence-corrected chi connectivity index (χ0v) is 10.4. The molecule has 0 N–H and O–H groups in total. The van der Waals surface area contributed by atoms with Crippen molar-refractivity contribution < 1.29 is 0 Å². The van der Waals surface area contributed by atoms with Crippen molar-refractivity contribution in [1.82, 2.24) is 15.0 Å². The molecule has 2 aromatic rings. The molecule has 0 atom stereocenters. The van der Waals surface area contributed by atoms with Gasteiger partial charge in [0.25, 0.3) is 0 Å². The summed E-state index contributed by atoms with van der Waals surface area (Å²) in [6.45, 7) is 2.03. The molecule has 0 aromatic carbocycles. The quantitative estimate of drug-likeness (QED) is 0.793. The van der Waals surface area contributed by atoms with E-state index in [0.717, 1.165) is 15.1 Å². The van der Waals surface area contributed by atoms with Gasteiger partial charge in [0.1, 0.15) is 5.03 Å². The maximum Gasteiger partial charge on any atom is 0.193 e. The summed E-state index contributed by atoms with van der Waals surface area (Å²) in [7, 11) is 0. The first-order valence-electron chi connectivity index (χ1n) is 4.33. The summed E-state index contributed by atoms with van der Waals surface area (Å²) in [6, 6.07) is 3.75. The average molecular weight is 282 g/mol. The van der Waals surface area contributed by atoms with Gasteiger partial charge in [0.05, 0.1) is 4.47 Å². The highest BCUT2D eigenvalue weighted by Gasteiger charge is 2.07. The molecule has 0 unspecified atom stereocenters. The van der Waals surface area contributed by atoms with Crippen LogP contribution >= 0.6 is 27.7 Å². The Morgan fingerprint density at radius 1 is 1.13 bits per heavy atom. The lowest BCUT2D eigenvalue weighted by molar-refractivity contribution is 0.957. The van der Waals surface area contributed by atoms with Gasteiger partial charge in [-0.1, -0.05) is 0 Å². The Hall–Kier alpha value is -0.940. The van der Waals surface area contributed by atoms with E-state index in [1.54, 1.807) is 24.7 Å². The van der Waals surface area contributed by atoms with Crippen LogP contribution in [-0.2, 0) is 0 Å². The topological polar surface area (TPSA) is 38.7 Å². The number of hydrogen-bond donors (Lipinski definition) is 0. The van der Waals surface area contributed by atoms with Crippen LogP contribution in [0.1, 0.15) is 5.56 Å². The smallest absolute Gasteiger partial charge is 0.193 e. The molecule has 3 nitrogen and oxygen atoms in total. The second-order valence-corrected chi connectivity index (χ2v) is 4.63. The lowest BCUT2D eigenvalue weighted by atomic mass is 10.3. The Kier molecular flexibility index (Phi) is 3.33. The van der Waals surface area contributed by atoms with Crippen molar-refractivity contribution in [2.45, 2.75) is 17.1 Å². The largest absolute Gasteiger partial charge is 0.248 e. The number of pyridine rings is 1. The molecule has 2 rings (SSSR count). The number of halogens is 1. The van der Waals surface area contributed by atoms with E-state index in [4.69, 9.17) is 0 Å². The molecule has 15 heavy (non-hydrogen) atoms. The van der Waals surface area contributed by atoms with Crippen LogP contribution < -0.4 is 0 Å². The molecule has 2 heterocycles. The van der Waals surface area contributed by atoms with Gasteiger partial charge in [-0.25, -0.2) is 15.0 Å². The van der Waals surface area contributed by atoms with Gasteiger partial charge < -0.3 is 0 Å². The molecule has 0 fully saturated rings. The average Bonchev–Trinajstić information content (AvgIpc) is 2.26. The van der Waals surface area contributed by atoms with Gasteiger partial charge in [0.2, 0.25) is 0 Å². The summed E-state index contributed by atoms with van der Waals surface area (Å²) in [5.74, 6) is 0. The Bertz CT molecular complexity index is 461. The first-order chi connectivity index (χ1) is 7.27. The monoisotopic (exact) mass is 281 g/mol. The van der Waals surface area contributed by atoms with E-state index in [-0.39, 0.29) is 0 Å². The summed E-state index contributed by atoms with van der Waals surface area (Å²) in [6.07, 6.45) is 5.23. The number of nitrogens with zero attached hydrogens (tertiary/aromatic N) is 3. The van der Waals surface area contributed by atoms with Crippen molar-refractivity contribution in [3.05, 3.63) is 40.8 Å². The highest BCUT2D eigenvalue weighted by atomic mass is 79.9. The van der Waals surface area contributed by atoms with Crippen molar-refractivity contribution in [3.8, 4) is 0 Å². The Labute approximate surface area is 101 Å². The number of aromatic nitrogens is 3. The third-order valence-corrected chi connectivity index (χ3v) is 3.94. The zero-order valence-electron chi connectivity index (χ0n) is 8.01. The normalized spacial score (nSPS) is 10.3. The molecule has 0 saturated heterocycles. The van der Waals surface area contributed by atoms with Crippen LogP contribution in [0.5, 0.6) is 0 Å². The van der Waals surface area contributed by atoms with E-state index < -0.39 is 0 Å². The molecule has 0 radical (unpaired) electrons. The fourth-order valence-electron chi connectivity index (χ4n) is 1.01. The predicted octanol–water partition coefficient (Wildman–Crippen LogP) is 3.09. The molecular formula is C10H8BrN3S. The standard InChI is InChI=1S/C10H8BrN3S/c1-7-3-6-12-9(8(7)11)15-10-13-4-2-5-14-10/h2-6H,1H3. The number of aryl methyl sites for hydroxylation is 1. The van der Waals surface area contributed by atoms with Crippen molar-refractivity contribution in [3.63, 3.8) is 0 Å². The maximum absolute atomic E-state index is 4.27. The molecule has 0 aliphatic rings. The van der Waals surface area contributed by atoms with Gasteiger partial charge >= 0.3 is 0 Å². The fourth-order valence-corrected chi connectivity index (χ4v) is 2.25. The lowest BCUT2D eigenvalue weighted by Gasteiger charge is -2.03. The lowest BCUT2D eigenvalue weighted by Crippen LogP contribution is -1.88. The second kappa shape index (κ2) is 4.72. The minimum atomic E-state index is 0.705. The Balaban J connectivity index is 2.29. The molecule has 0 bridgehead atoms. The zero-order chi connectivity index (χ0) is 10.7. The number of rotatable bonds is 2. The van der Waals surface area contributed by atoms with E-state index in [1.165, 1.54) is 11.8 Å². The molecule has 2 aromatic heterocycles. The first-order valence-corrected chi connectivity index (χ1v) is 5.94. The summed E-state index contributed by atoms with van der Waals surface area (Å²) in [5, 5.41) is 1.59. The van der Waals surface area contributed by atoms with Gasteiger partial charge in [-0.2, -0.15) is 0 Å². The van der Waals surface area contributed by atoms with Crippen LogP contribution in [0, 0.1) is 6.92 Å². The third-order valence-electron chi connectivity index (χ3n) is 1.78. The highest BCUT2D eigenvalue weighted by Crippen LogP contribution is 2.30. The molecule has 5 heteroatoms. The van der Waals surface area contributed by atoms with Crippen LogP contribution in [0.3, 0.4) is 0 Å². The van der Waals surface area contributed by atoms with Crippen molar-refractivity contribution in [1.29, 1.82) is 0 Å². The summed E-state index contributed by atoms with van der Waals surface area (Å²) in [5.41, 5.74) is 1.16. The maximum atomic E-state index is 4.27. The van der Waals surface area contributed by atoms with Crippen LogP contribution in [0.2, 0.25) is 0 Å². The van der Waals surface area contributed by atoms with Crippen LogP contribution in [-0.4, -0.2) is 15.0 Å². The molecule has 0 aliphatic carbocycles. The molecule has 0 aliphatic heterocycles. The predicted molar refractivity (Wildman–Crippen MR) is 62.8 cm³/mol. The summed E-state index contributed by atoms with van der Waals surface area (Å²) in [4.78, 5) is 12.5. The highest BCUT2D eigenvalue weighted by molar-refractivity contribution is 9.10. The van der Waals surface area contributed by atoms with Crippen LogP contribution in [0.15, 0.2) is 45.4 Å². The number of hydrogen-bond acceptors (Lipinski definition) is 4. The van der Waals surface area contributed by atoms with Crippen molar-refractivity contribution in [2.24, 2.45) is 0 Å². The second-order valence-electron chi connectivity index (χ2n) is 2.88. The molecular weight excluding hydrogens is 274 g/mol. The fraction of sp³-hybridized carbons (Fsp3) is 0.100. The van der Waals surface area contributed by atoms with E-state index >= 15 is 0 Å². The van der Waals surface area contributed by atoms with Crippen molar-refractivity contribution >= 4 is 27.7 Å². The van der Waals surface area contributed by atoms with E-state index in [0.29, 0.717) is 5.16 Å². The van der Waals surface area contributed by atoms with Gasteiger partial charge in [0.15, 0.2) is 5.16 Å². The minimum absolute atomic E-state index is 0.705. The SMILES string of the molecule is Cc1ccnc(Sc2ncccn2)c1Br. The molecule has 76 valence electrons. The van der Waals surface area contributed by atoms with Crippen LogP contribution in [0.4, 0.5) is 0 Å². The molecule has 0 spiro atoms. The third kappa shape index (κ3) is 2.54. The van der Waals surface area contributed by atoms with E-state index in [9.17, 15) is 0 Å². The summed E-state index contributed by atoms with van der Waals surface area (Å²) >= 11 is 4.95. The van der Waals surface area contributed by atoms with Gasteiger partial charge in [-0.15, -0.1) is 0 Å². The van der Waals surface area contributed by atoms with Gasteiger partial charge in [0, 0.05) is 18.6 Å². The Morgan fingerprint density at radius 3 is 2.60 bits per heavy atom. The summed E-state index contributed by atoms with van der Waals surface area (Å²) < 4.78 is 1.00. The molecule has 0 saturated carbocycles. The molecule has 0 amide bonds. The van der Waals surface area contributed by atoms with E-state index in [1.807, 2.05) is 13.0 Å².